The predicted molar refractivity (Wildman–Crippen MR) is 182 cm³/mol. The van der Waals surface area contributed by atoms with Gasteiger partial charge in [-0.25, -0.2) is 0 Å². The van der Waals surface area contributed by atoms with Gasteiger partial charge in [0.2, 0.25) is 12.2 Å². The first-order valence-electron chi connectivity index (χ1n) is 16.2. The zero-order valence-corrected chi connectivity index (χ0v) is 32.1. The third-order valence-electron chi connectivity index (χ3n) is 7.36. The van der Waals surface area contributed by atoms with E-state index in [1.807, 2.05) is 0 Å². The van der Waals surface area contributed by atoms with Crippen LogP contribution in [0.25, 0.3) is 0 Å². The van der Waals surface area contributed by atoms with Gasteiger partial charge in [0.15, 0.2) is 36.8 Å². The van der Waals surface area contributed by atoms with E-state index in [9.17, 15) is 28.8 Å². The van der Waals surface area contributed by atoms with Crippen molar-refractivity contribution < 1.29 is 80.9 Å². The van der Waals surface area contributed by atoms with Gasteiger partial charge < -0.3 is 52.1 Å². The summed E-state index contributed by atoms with van der Waals surface area (Å²) in [4.78, 5) is 73.5. The molecule has 0 saturated carbocycles. The normalized spacial score (nSPS) is 28.1. The van der Waals surface area contributed by atoms with Crippen LogP contribution < -0.4 is 0 Å². The molecular formula is C33H40Cl3NO17. The molecule has 0 bridgehead atoms. The second-order valence-corrected chi connectivity index (χ2v) is 14.1. The van der Waals surface area contributed by atoms with Crippen molar-refractivity contribution in [1.29, 1.82) is 5.41 Å². The number of carbonyl (C=O) groups is 6. The molecule has 1 aromatic carbocycles. The fraction of sp³-hybridized carbons (Fsp3) is 0.606. The van der Waals surface area contributed by atoms with Crippen LogP contribution in [0.2, 0.25) is 0 Å². The first-order valence-corrected chi connectivity index (χ1v) is 17.3. The molecule has 0 spiro atoms. The van der Waals surface area contributed by atoms with Crippen LogP contribution in [0.15, 0.2) is 30.3 Å². The SMILES string of the molecule is CC(=O)OC[C@H]1O[C@H](O[C@H]2[C@@H](OC(=N)C(Cl)(Cl)Cl)O[C@H](COC(C)=O)[C@@H](OC(C)=O)[C@@H]2OC(C)=O)[C@H](OCc2ccccc2)[C@@H](OC(C)=O)[C@@H]1OC(C)=O. The first-order chi connectivity index (χ1) is 25.3. The van der Waals surface area contributed by atoms with Gasteiger partial charge in [0.05, 0.1) is 6.61 Å². The van der Waals surface area contributed by atoms with E-state index in [2.05, 4.69) is 0 Å². The van der Waals surface area contributed by atoms with Gasteiger partial charge in [-0.2, -0.15) is 0 Å². The van der Waals surface area contributed by atoms with Crippen molar-refractivity contribution >= 4 is 76.5 Å². The molecule has 54 heavy (non-hydrogen) atoms. The molecule has 2 aliphatic rings. The Balaban J connectivity index is 2.22. The Bertz CT molecular complexity index is 1510. The lowest BCUT2D eigenvalue weighted by atomic mass is 9.96. The topological polar surface area (TPSA) is 228 Å². The number of benzene rings is 1. The summed E-state index contributed by atoms with van der Waals surface area (Å²) in [6, 6.07) is 8.67. The van der Waals surface area contributed by atoms with Gasteiger partial charge in [-0.05, 0) is 5.56 Å². The van der Waals surface area contributed by atoms with Crippen molar-refractivity contribution in [3.63, 3.8) is 0 Å². The van der Waals surface area contributed by atoms with Crippen LogP contribution in [0.3, 0.4) is 0 Å². The summed E-state index contributed by atoms with van der Waals surface area (Å²) >= 11 is 17.7. The monoisotopic (exact) mass is 827 g/mol. The average molecular weight is 829 g/mol. The van der Waals surface area contributed by atoms with E-state index < -0.39 is 120 Å². The van der Waals surface area contributed by atoms with Crippen LogP contribution >= 0.6 is 34.8 Å². The van der Waals surface area contributed by atoms with Gasteiger partial charge in [0.25, 0.3) is 3.79 Å². The van der Waals surface area contributed by atoms with E-state index in [0.717, 1.165) is 41.5 Å². The van der Waals surface area contributed by atoms with Crippen molar-refractivity contribution in [2.75, 3.05) is 13.2 Å². The number of halogens is 3. The first kappa shape index (κ1) is 44.6. The minimum Gasteiger partial charge on any atom is -0.463 e. The highest BCUT2D eigenvalue weighted by Gasteiger charge is 2.58. The second-order valence-electron chi connectivity index (χ2n) is 11.8. The predicted octanol–water partition coefficient (Wildman–Crippen LogP) is 2.62. The van der Waals surface area contributed by atoms with Crippen molar-refractivity contribution in [2.45, 2.75) is 113 Å². The fourth-order valence-electron chi connectivity index (χ4n) is 5.37. The number of esters is 6. The molecule has 10 atom stereocenters. The van der Waals surface area contributed by atoms with E-state index in [0.29, 0.717) is 5.56 Å². The number of carbonyl (C=O) groups excluding carboxylic acids is 6. The summed E-state index contributed by atoms with van der Waals surface area (Å²) < 4.78 is 60.4. The Kier molecular flexibility index (Phi) is 16.7. The molecule has 0 aromatic heterocycles. The highest BCUT2D eigenvalue weighted by molar-refractivity contribution is 6.76. The van der Waals surface area contributed by atoms with Crippen molar-refractivity contribution in [1.82, 2.24) is 0 Å². The summed E-state index contributed by atoms with van der Waals surface area (Å²) in [6.45, 7) is 5.11. The standard InChI is InChI=1S/C33H40Cl3NO17/c1-15(38)44-13-22-24(47-17(3)40)26(49-19(5)42)28(46-12-21-10-8-7-9-11-21)30(51-22)53-29-27(50-20(6)43)25(48-18(4)41)23(14-45-16(2)39)52-31(29)54-32(37)33(34,35)36/h7-11,22-31,37H,12-14H2,1-6H3/t22-,23-,24-,25-,26+,27+,28-,29-,30-,31-/m1/s1. The molecule has 1 N–H and O–H groups in total. The van der Waals surface area contributed by atoms with Gasteiger partial charge in [-0.1, -0.05) is 65.1 Å². The van der Waals surface area contributed by atoms with E-state index in [4.69, 9.17) is 92.3 Å². The van der Waals surface area contributed by atoms with E-state index in [-0.39, 0.29) is 6.61 Å². The number of alkyl halides is 3. The summed E-state index contributed by atoms with van der Waals surface area (Å²) in [5.74, 6) is -6.02. The Labute approximate surface area is 324 Å². The second kappa shape index (κ2) is 20.2. The molecule has 21 heteroatoms. The van der Waals surface area contributed by atoms with Gasteiger partial charge in [0.1, 0.15) is 31.5 Å². The van der Waals surface area contributed by atoms with E-state index in [1.165, 1.54) is 0 Å². The van der Waals surface area contributed by atoms with E-state index in [1.54, 1.807) is 30.3 Å². The Hall–Kier alpha value is -3.78. The molecule has 18 nitrogen and oxygen atoms in total. The maximum atomic E-state index is 12.6. The zero-order valence-electron chi connectivity index (χ0n) is 29.9. The zero-order chi connectivity index (χ0) is 40.3. The molecule has 0 radical (unpaired) electrons. The highest BCUT2D eigenvalue weighted by atomic mass is 35.6. The van der Waals surface area contributed by atoms with Gasteiger partial charge in [-0.15, -0.1) is 0 Å². The summed E-state index contributed by atoms with van der Waals surface area (Å²) in [7, 11) is 0. The quantitative estimate of drug-likeness (QED) is 0.0935. The molecule has 3 rings (SSSR count). The lowest BCUT2D eigenvalue weighted by molar-refractivity contribution is -0.365. The minimum absolute atomic E-state index is 0.166. The smallest absolute Gasteiger partial charge is 0.303 e. The van der Waals surface area contributed by atoms with Crippen LogP contribution in [-0.2, 0) is 87.5 Å². The number of ether oxygens (including phenoxy) is 11. The van der Waals surface area contributed by atoms with Crippen LogP contribution in [0.5, 0.6) is 0 Å². The molecule has 300 valence electrons. The molecule has 2 heterocycles. The minimum atomic E-state index is -2.47. The third kappa shape index (κ3) is 13.5. The van der Waals surface area contributed by atoms with Gasteiger partial charge in [-0.3, -0.25) is 34.2 Å². The largest absolute Gasteiger partial charge is 0.463 e. The summed E-state index contributed by atoms with van der Waals surface area (Å²) in [6.07, 6.45) is -16.1. The van der Waals surface area contributed by atoms with Crippen LogP contribution in [-0.4, -0.2) is 120 Å². The van der Waals surface area contributed by atoms with Gasteiger partial charge >= 0.3 is 35.8 Å². The van der Waals surface area contributed by atoms with Crippen LogP contribution in [0, 0.1) is 5.41 Å². The fourth-order valence-corrected chi connectivity index (χ4v) is 5.51. The van der Waals surface area contributed by atoms with Crippen molar-refractivity contribution in [2.24, 2.45) is 0 Å². The number of nitrogens with one attached hydrogen (secondary N) is 1. The Morgan fingerprint density at radius 2 is 1.02 bits per heavy atom. The Morgan fingerprint density at radius 3 is 1.44 bits per heavy atom. The lowest BCUT2D eigenvalue weighted by Crippen LogP contribution is -2.67. The molecule has 0 aliphatic carbocycles. The lowest BCUT2D eigenvalue weighted by Gasteiger charge is -2.48. The average Bonchev–Trinajstić information content (AvgIpc) is 3.05. The molecule has 0 unspecified atom stereocenters. The molecule has 2 saturated heterocycles. The number of hydrogen-bond acceptors (Lipinski definition) is 18. The van der Waals surface area contributed by atoms with Crippen molar-refractivity contribution in [3.05, 3.63) is 35.9 Å². The van der Waals surface area contributed by atoms with Crippen LogP contribution in [0.1, 0.15) is 47.1 Å². The molecular weight excluding hydrogens is 789 g/mol. The number of hydrogen-bond donors (Lipinski definition) is 1. The van der Waals surface area contributed by atoms with E-state index >= 15 is 0 Å². The van der Waals surface area contributed by atoms with Gasteiger partial charge in [0, 0.05) is 41.5 Å². The third-order valence-corrected chi connectivity index (χ3v) is 7.88. The molecule has 2 aliphatic heterocycles. The maximum Gasteiger partial charge on any atom is 0.303 e. The summed E-state index contributed by atoms with van der Waals surface area (Å²) in [5, 5.41) is 8.28. The molecule has 0 amide bonds. The number of rotatable bonds is 14. The highest BCUT2D eigenvalue weighted by Crippen LogP contribution is 2.37. The Morgan fingerprint density at radius 1 is 0.593 bits per heavy atom. The van der Waals surface area contributed by atoms with Crippen LogP contribution in [0.4, 0.5) is 0 Å². The maximum absolute atomic E-state index is 12.6. The van der Waals surface area contributed by atoms with Crippen molar-refractivity contribution in [3.8, 4) is 0 Å². The summed E-state index contributed by atoms with van der Waals surface area (Å²) in [5.41, 5.74) is 0.628. The molecule has 2 fully saturated rings. The molecule has 1 aromatic rings.